The molecule has 0 aliphatic carbocycles. The van der Waals surface area contributed by atoms with Crippen LogP contribution < -0.4 is 4.74 Å². The van der Waals surface area contributed by atoms with E-state index >= 15 is 0 Å². The molecule has 0 aromatic heterocycles. The zero-order valence-electron chi connectivity index (χ0n) is 13.9. The average Bonchev–Trinajstić information content (AvgIpc) is 2.62. The van der Waals surface area contributed by atoms with Gasteiger partial charge in [0.2, 0.25) is 0 Å². The third-order valence-electron chi connectivity index (χ3n) is 4.04. The lowest BCUT2D eigenvalue weighted by Crippen LogP contribution is -2.26. The summed E-state index contributed by atoms with van der Waals surface area (Å²) in [6.45, 7) is 0.476. The fraction of sp³-hybridized carbons (Fsp3) is 0.150. The minimum atomic E-state index is -0.165. The second-order valence-electron chi connectivity index (χ2n) is 5.83. The van der Waals surface area contributed by atoms with E-state index in [1.807, 2.05) is 30.3 Å². The topological polar surface area (TPSA) is 29.5 Å². The van der Waals surface area contributed by atoms with Crippen molar-refractivity contribution in [2.24, 2.45) is 0 Å². The van der Waals surface area contributed by atoms with Crippen molar-refractivity contribution >= 4 is 39.9 Å². The quantitative estimate of drug-likeness (QED) is 0.610. The first-order chi connectivity index (χ1) is 12.0. The first-order valence-corrected chi connectivity index (χ1v) is 8.51. The second kappa shape index (κ2) is 7.34. The Morgan fingerprint density at radius 3 is 2.48 bits per heavy atom. The van der Waals surface area contributed by atoms with Crippen LogP contribution >= 0.6 is 23.2 Å². The second-order valence-corrected chi connectivity index (χ2v) is 6.68. The highest BCUT2D eigenvalue weighted by molar-refractivity contribution is 6.35. The molecule has 0 saturated heterocycles. The van der Waals surface area contributed by atoms with E-state index < -0.39 is 0 Å². The van der Waals surface area contributed by atoms with Crippen molar-refractivity contribution in [3.8, 4) is 5.75 Å². The van der Waals surface area contributed by atoms with Gasteiger partial charge in [0.25, 0.3) is 5.91 Å². The van der Waals surface area contributed by atoms with Crippen LogP contribution in [0.15, 0.2) is 54.6 Å². The van der Waals surface area contributed by atoms with Gasteiger partial charge in [-0.25, -0.2) is 0 Å². The van der Waals surface area contributed by atoms with E-state index in [1.54, 1.807) is 37.3 Å². The summed E-state index contributed by atoms with van der Waals surface area (Å²) in [5.41, 5.74) is 1.44. The van der Waals surface area contributed by atoms with Crippen molar-refractivity contribution in [1.29, 1.82) is 0 Å². The molecule has 5 heteroatoms. The highest BCUT2D eigenvalue weighted by Gasteiger charge is 2.16. The van der Waals surface area contributed by atoms with Crippen molar-refractivity contribution in [1.82, 2.24) is 4.90 Å². The molecule has 0 unspecified atom stereocenters. The molecule has 0 aliphatic heterocycles. The number of hydrogen-bond donors (Lipinski definition) is 0. The monoisotopic (exact) mass is 373 g/mol. The maximum Gasteiger partial charge on any atom is 0.255 e. The van der Waals surface area contributed by atoms with Gasteiger partial charge in [-0.3, -0.25) is 4.79 Å². The number of carbonyl (C=O) groups excluding carboxylic acids is 1. The lowest BCUT2D eigenvalue weighted by molar-refractivity contribution is 0.0785. The van der Waals surface area contributed by atoms with E-state index in [2.05, 4.69) is 6.07 Å². The lowest BCUT2D eigenvalue weighted by Gasteiger charge is -2.18. The average molecular weight is 374 g/mol. The van der Waals surface area contributed by atoms with E-state index in [0.717, 1.165) is 22.1 Å². The van der Waals surface area contributed by atoms with Crippen LogP contribution in [0.2, 0.25) is 10.0 Å². The van der Waals surface area contributed by atoms with Crippen LogP contribution in [0.4, 0.5) is 0 Å². The number of fused-ring (bicyclic) bond motifs is 1. The Morgan fingerprint density at radius 2 is 1.72 bits per heavy atom. The maximum absolute atomic E-state index is 12.6. The van der Waals surface area contributed by atoms with Gasteiger partial charge in [0.15, 0.2) is 0 Å². The molecule has 3 nitrogen and oxygen atoms in total. The number of amides is 1. The van der Waals surface area contributed by atoms with Crippen LogP contribution in [0.3, 0.4) is 0 Å². The summed E-state index contributed by atoms with van der Waals surface area (Å²) in [5.74, 6) is 0.658. The maximum atomic E-state index is 12.6. The van der Waals surface area contributed by atoms with E-state index in [1.165, 1.54) is 0 Å². The predicted molar refractivity (Wildman–Crippen MR) is 103 cm³/mol. The first kappa shape index (κ1) is 17.6. The van der Waals surface area contributed by atoms with Gasteiger partial charge in [0, 0.05) is 18.6 Å². The molecule has 3 rings (SSSR count). The molecule has 1 amide bonds. The third kappa shape index (κ3) is 3.89. The van der Waals surface area contributed by atoms with Gasteiger partial charge in [0.05, 0.1) is 17.7 Å². The zero-order valence-corrected chi connectivity index (χ0v) is 15.4. The van der Waals surface area contributed by atoms with Gasteiger partial charge in [-0.05, 0) is 52.7 Å². The normalized spacial score (nSPS) is 10.7. The van der Waals surface area contributed by atoms with Crippen molar-refractivity contribution in [2.75, 3.05) is 14.2 Å². The molecule has 0 N–H and O–H groups in total. The summed E-state index contributed by atoms with van der Waals surface area (Å²) in [6.07, 6.45) is 0. The van der Waals surface area contributed by atoms with Gasteiger partial charge < -0.3 is 9.64 Å². The molecule has 3 aromatic rings. The number of methoxy groups -OCH3 is 1. The molecule has 0 radical (unpaired) electrons. The Bertz CT molecular complexity index is 940. The SMILES string of the molecule is COc1ccc2cc(CN(C)C(=O)c3cc(Cl)ccc3Cl)ccc2c1. The molecule has 0 bridgehead atoms. The number of nitrogens with zero attached hydrogens (tertiary/aromatic N) is 1. The van der Waals surface area contributed by atoms with Crippen LogP contribution in [0.25, 0.3) is 10.8 Å². The van der Waals surface area contributed by atoms with Gasteiger partial charge in [0.1, 0.15) is 5.75 Å². The molecular formula is C20H17Cl2NO2. The van der Waals surface area contributed by atoms with Crippen LogP contribution in [-0.4, -0.2) is 25.0 Å². The number of benzene rings is 3. The summed E-state index contributed by atoms with van der Waals surface area (Å²) in [6, 6.07) is 16.9. The fourth-order valence-corrected chi connectivity index (χ4v) is 3.08. The molecule has 3 aromatic carbocycles. The fourth-order valence-electron chi connectivity index (χ4n) is 2.71. The highest BCUT2D eigenvalue weighted by Crippen LogP contribution is 2.24. The number of carbonyl (C=O) groups is 1. The largest absolute Gasteiger partial charge is 0.497 e. The molecule has 0 aliphatic rings. The van der Waals surface area contributed by atoms with Gasteiger partial charge in [-0.15, -0.1) is 0 Å². The molecule has 0 saturated carbocycles. The molecule has 0 fully saturated rings. The minimum Gasteiger partial charge on any atom is -0.497 e. The lowest BCUT2D eigenvalue weighted by atomic mass is 10.1. The highest BCUT2D eigenvalue weighted by atomic mass is 35.5. The first-order valence-electron chi connectivity index (χ1n) is 7.75. The summed E-state index contributed by atoms with van der Waals surface area (Å²) >= 11 is 12.1. The molecule has 0 atom stereocenters. The summed E-state index contributed by atoms with van der Waals surface area (Å²) in [7, 11) is 3.40. The number of ether oxygens (including phenoxy) is 1. The zero-order chi connectivity index (χ0) is 18.0. The molecule has 128 valence electrons. The van der Waals surface area contributed by atoms with Crippen LogP contribution in [0.1, 0.15) is 15.9 Å². The Labute approximate surface area is 156 Å². The Kier molecular flexibility index (Phi) is 5.16. The predicted octanol–water partition coefficient (Wildman–Crippen LogP) is 5.43. The Balaban J connectivity index is 1.82. The van der Waals surface area contributed by atoms with Crippen LogP contribution in [-0.2, 0) is 6.54 Å². The van der Waals surface area contributed by atoms with Crippen molar-refractivity contribution < 1.29 is 9.53 Å². The number of halogens is 2. The summed E-state index contributed by atoms with van der Waals surface area (Å²) < 4.78 is 5.24. The van der Waals surface area contributed by atoms with Crippen LogP contribution in [0.5, 0.6) is 5.75 Å². The number of rotatable bonds is 4. The van der Waals surface area contributed by atoms with E-state index in [0.29, 0.717) is 22.2 Å². The smallest absolute Gasteiger partial charge is 0.255 e. The van der Waals surface area contributed by atoms with E-state index in [9.17, 15) is 4.79 Å². The van der Waals surface area contributed by atoms with Crippen molar-refractivity contribution in [2.45, 2.75) is 6.54 Å². The van der Waals surface area contributed by atoms with Crippen LogP contribution in [0, 0.1) is 0 Å². The molecule has 0 heterocycles. The standard InChI is InChI=1S/C20H17Cl2NO2/c1-23(20(24)18-11-16(21)6-8-19(18)22)12-13-3-4-15-10-17(25-2)7-5-14(15)9-13/h3-11H,12H2,1-2H3. The van der Waals surface area contributed by atoms with Gasteiger partial charge in [-0.2, -0.15) is 0 Å². The summed E-state index contributed by atoms with van der Waals surface area (Å²) in [5, 5.41) is 3.07. The Morgan fingerprint density at radius 1 is 1.00 bits per heavy atom. The molecular weight excluding hydrogens is 357 g/mol. The van der Waals surface area contributed by atoms with Crippen molar-refractivity contribution in [3.05, 3.63) is 75.8 Å². The van der Waals surface area contributed by atoms with Gasteiger partial charge >= 0.3 is 0 Å². The molecule has 25 heavy (non-hydrogen) atoms. The third-order valence-corrected chi connectivity index (χ3v) is 4.60. The van der Waals surface area contributed by atoms with Crippen molar-refractivity contribution in [3.63, 3.8) is 0 Å². The van der Waals surface area contributed by atoms with E-state index in [-0.39, 0.29) is 5.91 Å². The summed E-state index contributed by atoms with van der Waals surface area (Å²) in [4.78, 5) is 14.3. The Hall–Kier alpha value is -2.23. The molecule has 0 spiro atoms. The number of hydrogen-bond acceptors (Lipinski definition) is 2. The van der Waals surface area contributed by atoms with E-state index in [4.69, 9.17) is 27.9 Å². The minimum absolute atomic E-state index is 0.165. The van der Waals surface area contributed by atoms with Gasteiger partial charge in [-0.1, -0.05) is 41.4 Å².